The molecule has 2 aromatic carbocycles. The number of carbonyl (C=O) groups excluding carboxylic acids is 1. The van der Waals surface area contributed by atoms with Gasteiger partial charge in [-0.2, -0.15) is 0 Å². The Bertz CT molecular complexity index is 1310. The van der Waals surface area contributed by atoms with Gasteiger partial charge in [0.05, 0.1) is 6.54 Å². The van der Waals surface area contributed by atoms with E-state index in [1.165, 1.54) is 27.6 Å². The van der Waals surface area contributed by atoms with E-state index in [2.05, 4.69) is 105 Å². The summed E-state index contributed by atoms with van der Waals surface area (Å²) >= 11 is 1.56. The number of hydrogen-bond acceptors (Lipinski definition) is 4. The van der Waals surface area contributed by atoms with Crippen molar-refractivity contribution in [1.29, 1.82) is 0 Å². The third-order valence-corrected chi connectivity index (χ3v) is 7.93. The van der Waals surface area contributed by atoms with Crippen molar-refractivity contribution < 1.29 is 4.79 Å². The second-order valence-electron chi connectivity index (χ2n) is 11.4. The first kappa shape index (κ1) is 27.1. The van der Waals surface area contributed by atoms with Gasteiger partial charge in [0.2, 0.25) is 0 Å². The van der Waals surface area contributed by atoms with Gasteiger partial charge in [-0.15, -0.1) is 11.3 Å². The van der Waals surface area contributed by atoms with Crippen LogP contribution in [-0.2, 0) is 24.9 Å². The number of nitrogens with zero attached hydrogens (tertiary/aromatic N) is 2. The zero-order valence-electron chi connectivity index (χ0n) is 23.0. The van der Waals surface area contributed by atoms with Gasteiger partial charge in [-0.3, -0.25) is 9.69 Å². The van der Waals surface area contributed by atoms with Crippen molar-refractivity contribution in [2.75, 3.05) is 6.54 Å². The number of aromatic amines is 1. The first-order valence-electron chi connectivity index (χ1n) is 13.2. The standard InChI is InChI=1S/C31H40N4OS/c1-21(2)22(3)33-30(36)28-20-37-29(34-28)19-35(18-23-11-13-25(14-12-23)31(4,5)6)16-15-24-17-32-27-10-8-7-9-26(24)27/h7-14,17,20-22,32H,15-16,18-19H2,1-6H3,(H,33,36). The van der Waals surface area contributed by atoms with Crippen LogP contribution in [0.25, 0.3) is 10.9 Å². The number of hydrogen-bond donors (Lipinski definition) is 2. The van der Waals surface area contributed by atoms with E-state index in [1.807, 2.05) is 12.3 Å². The summed E-state index contributed by atoms with van der Waals surface area (Å²) in [5, 5.41) is 7.20. The minimum atomic E-state index is -0.0909. The molecule has 0 saturated carbocycles. The number of nitrogens with one attached hydrogen (secondary N) is 2. The quantitative estimate of drug-likeness (QED) is 0.240. The molecule has 196 valence electrons. The molecule has 2 aromatic heterocycles. The van der Waals surface area contributed by atoms with Crippen LogP contribution in [-0.4, -0.2) is 33.4 Å². The Labute approximate surface area is 225 Å². The maximum absolute atomic E-state index is 12.7. The molecular weight excluding hydrogens is 476 g/mol. The van der Waals surface area contributed by atoms with Crippen molar-refractivity contribution in [2.24, 2.45) is 5.92 Å². The zero-order chi connectivity index (χ0) is 26.6. The second-order valence-corrected chi connectivity index (χ2v) is 12.3. The fourth-order valence-corrected chi connectivity index (χ4v) is 5.14. The van der Waals surface area contributed by atoms with Crippen LogP contribution in [0.2, 0.25) is 0 Å². The van der Waals surface area contributed by atoms with Gasteiger partial charge < -0.3 is 10.3 Å². The van der Waals surface area contributed by atoms with E-state index in [9.17, 15) is 4.79 Å². The minimum absolute atomic E-state index is 0.0909. The summed E-state index contributed by atoms with van der Waals surface area (Å²) in [5.41, 5.74) is 5.77. The predicted octanol–water partition coefficient (Wildman–Crippen LogP) is 6.94. The largest absolute Gasteiger partial charge is 0.361 e. The van der Waals surface area contributed by atoms with Crippen LogP contribution in [0.5, 0.6) is 0 Å². The van der Waals surface area contributed by atoms with Crippen LogP contribution >= 0.6 is 11.3 Å². The average molecular weight is 517 g/mol. The predicted molar refractivity (Wildman–Crippen MR) is 155 cm³/mol. The van der Waals surface area contributed by atoms with Crippen molar-refractivity contribution in [3.05, 3.63) is 87.5 Å². The SMILES string of the molecule is CC(C)C(C)NC(=O)c1csc(CN(CCc2c[nH]c3ccccc23)Cc2ccc(C(C)(C)C)cc2)n1. The Morgan fingerprint density at radius 2 is 1.78 bits per heavy atom. The Hall–Kier alpha value is -2.96. The lowest BCUT2D eigenvalue weighted by atomic mass is 9.87. The Morgan fingerprint density at radius 3 is 2.49 bits per heavy atom. The molecule has 1 atom stereocenters. The Balaban J connectivity index is 1.49. The topological polar surface area (TPSA) is 61.0 Å². The lowest BCUT2D eigenvalue weighted by Crippen LogP contribution is -2.36. The van der Waals surface area contributed by atoms with Gasteiger partial charge in [0.1, 0.15) is 10.7 Å². The molecule has 2 heterocycles. The number of thiazole rings is 1. The van der Waals surface area contributed by atoms with Crippen LogP contribution in [0.15, 0.2) is 60.1 Å². The molecule has 0 aliphatic heterocycles. The van der Waals surface area contributed by atoms with Gasteiger partial charge >= 0.3 is 0 Å². The van der Waals surface area contributed by atoms with Crippen molar-refractivity contribution in [2.45, 2.75) is 72.5 Å². The van der Waals surface area contributed by atoms with Crippen LogP contribution in [0.4, 0.5) is 0 Å². The van der Waals surface area contributed by atoms with Crippen LogP contribution in [0, 0.1) is 5.92 Å². The zero-order valence-corrected chi connectivity index (χ0v) is 23.8. The maximum atomic E-state index is 12.7. The molecule has 4 rings (SSSR count). The first-order chi connectivity index (χ1) is 17.6. The summed E-state index contributed by atoms with van der Waals surface area (Å²) in [6.07, 6.45) is 3.07. The Kier molecular flexibility index (Phi) is 8.50. The molecule has 0 aliphatic rings. The molecule has 0 spiro atoms. The molecule has 1 amide bonds. The molecule has 0 bridgehead atoms. The highest BCUT2D eigenvalue weighted by atomic mass is 32.1. The van der Waals surface area contributed by atoms with Gasteiger partial charge in [0.25, 0.3) is 5.91 Å². The molecule has 6 heteroatoms. The minimum Gasteiger partial charge on any atom is -0.361 e. The number of benzene rings is 2. The van der Waals surface area contributed by atoms with E-state index in [1.54, 1.807) is 11.3 Å². The summed E-state index contributed by atoms with van der Waals surface area (Å²) in [6, 6.07) is 17.5. The average Bonchev–Trinajstić information content (AvgIpc) is 3.49. The molecule has 1 unspecified atom stereocenters. The first-order valence-corrected chi connectivity index (χ1v) is 14.1. The van der Waals surface area contributed by atoms with Crippen molar-refractivity contribution in [3.63, 3.8) is 0 Å². The maximum Gasteiger partial charge on any atom is 0.270 e. The summed E-state index contributed by atoms with van der Waals surface area (Å²) in [6.45, 7) is 15.4. The number of amides is 1. The fraction of sp³-hybridized carbons (Fsp3) is 0.419. The van der Waals surface area contributed by atoms with Crippen LogP contribution < -0.4 is 5.32 Å². The van der Waals surface area contributed by atoms with E-state index in [0.717, 1.165) is 24.5 Å². The molecule has 5 nitrogen and oxygen atoms in total. The summed E-state index contributed by atoms with van der Waals surface area (Å²) in [5.74, 6) is 0.290. The molecule has 0 aliphatic carbocycles. The van der Waals surface area contributed by atoms with Crippen molar-refractivity contribution in [1.82, 2.24) is 20.2 Å². The van der Waals surface area contributed by atoms with Gasteiger partial charge in [-0.05, 0) is 47.4 Å². The van der Waals surface area contributed by atoms with Gasteiger partial charge in [-0.25, -0.2) is 4.98 Å². The van der Waals surface area contributed by atoms with Crippen molar-refractivity contribution >= 4 is 28.1 Å². The van der Waals surface area contributed by atoms with E-state index < -0.39 is 0 Å². The van der Waals surface area contributed by atoms with Crippen LogP contribution in [0.3, 0.4) is 0 Å². The second kappa shape index (κ2) is 11.6. The Morgan fingerprint density at radius 1 is 1.05 bits per heavy atom. The lowest BCUT2D eigenvalue weighted by Gasteiger charge is -2.23. The smallest absolute Gasteiger partial charge is 0.270 e. The molecule has 0 saturated heterocycles. The molecular formula is C31H40N4OS. The normalized spacial score (nSPS) is 13.0. The fourth-order valence-electron chi connectivity index (χ4n) is 4.33. The van der Waals surface area contributed by atoms with Gasteiger partial charge in [0, 0.05) is 41.6 Å². The summed E-state index contributed by atoms with van der Waals surface area (Å²) in [4.78, 5) is 23.2. The highest BCUT2D eigenvalue weighted by Crippen LogP contribution is 2.24. The van der Waals surface area contributed by atoms with Crippen LogP contribution in [0.1, 0.15) is 73.7 Å². The molecule has 2 N–H and O–H groups in total. The van der Waals surface area contributed by atoms with E-state index in [-0.39, 0.29) is 17.4 Å². The molecule has 37 heavy (non-hydrogen) atoms. The van der Waals surface area contributed by atoms with E-state index >= 15 is 0 Å². The molecule has 0 radical (unpaired) electrons. The van der Waals surface area contributed by atoms with E-state index in [4.69, 9.17) is 4.98 Å². The van der Waals surface area contributed by atoms with E-state index in [0.29, 0.717) is 18.2 Å². The van der Waals surface area contributed by atoms with Gasteiger partial charge in [0.15, 0.2) is 0 Å². The molecule has 4 aromatic rings. The number of fused-ring (bicyclic) bond motifs is 1. The number of para-hydroxylation sites is 1. The number of aromatic nitrogens is 2. The highest BCUT2D eigenvalue weighted by molar-refractivity contribution is 7.09. The summed E-state index contributed by atoms with van der Waals surface area (Å²) in [7, 11) is 0. The third kappa shape index (κ3) is 7.08. The highest BCUT2D eigenvalue weighted by Gasteiger charge is 2.18. The monoisotopic (exact) mass is 516 g/mol. The number of carbonyl (C=O) groups is 1. The third-order valence-electron chi connectivity index (χ3n) is 7.10. The number of rotatable bonds is 10. The van der Waals surface area contributed by atoms with Gasteiger partial charge in [-0.1, -0.05) is 77.1 Å². The number of H-pyrrole nitrogens is 1. The molecule has 0 fully saturated rings. The lowest BCUT2D eigenvalue weighted by molar-refractivity contribution is 0.0925. The summed E-state index contributed by atoms with van der Waals surface area (Å²) < 4.78 is 0. The van der Waals surface area contributed by atoms with Crippen molar-refractivity contribution in [3.8, 4) is 0 Å².